The Labute approximate surface area is 198 Å². The molecule has 1 atom stereocenters. The second-order valence-corrected chi connectivity index (χ2v) is 9.67. The molecular weight excluding hydrogens is 469 g/mol. The molecule has 0 aliphatic carbocycles. The van der Waals surface area contributed by atoms with Crippen LogP contribution >= 0.6 is 47.0 Å². The average Bonchev–Trinajstić information content (AvgIpc) is 2.66. The monoisotopic (exact) mass is 495 g/mol. The summed E-state index contributed by atoms with van der Waals surface area (Å²) >= 11 is 23.1. The summed E-state index contributed by atoms with van der Waals surface area (Å²) in [5.41, 5.74) is 0.700. The Bertz CT molecular complexity index is 697. The SMILES string of the molecule is CCCCCCCCCC(=O)NC(NC(=S)Nc1ccc(C(=O)O)cc1)C(Cl)(Cl)Cl. The van der Waals surface area contributed by atoms with Gasteiger partial charge in [-0.2, -0.15) is 0 Å². The Hall–Kier alpha value is -1.28. The van der Waals surface area contributed by atoms with Crippen LogP contribution < -0.4 is 16.0 Å². The van der Waals surface area contributed by atoms with Crippen molar-refractivity contribution >= 4 is 69.7 Å². The summed E-state index contributed by atoms with van der Waals surface area (Å²) in [4.78, 5) is 23.1. The highest BCUT2D eigenvalue weighted by Crippen LogP contribution is 2.29. The normalized spacial score (nSPS) is 12.1. The number of anilines is 1. The molecule has 0 aliphatic heterocycles. The highest BCUT2D eigenvalue weighted by atomic mass is 35.6. The maximum atomic E-state index is 12.2. The molecule has 1 aromatic rings. The molecule has 1 aromatic carbocycles. The van der Waals surface area contributed by atoms with Crippen molar-refractivity contribution in [2.75, 3.05) is 5.32 Å². The van der Waals surface area contributed by atoms with Gasteiger partial charge in [-0.15, -0.1) is 0 Å². The van der Waals surface area contributed by atoms with Gasteiger partial charge in [0.05, 0.1) is 5.56 Å². The molecular formula is C20H28Cl3N3O3S. The number of alkyl halides is 3. The van der Waals surface area contributed by atoms with Crippen LogP contribution in [0.15, 0.2) is 24.3 Å². The largest absolute Gasteiger partial charge is 0.478 e. The number of rotatable bonds is 12. The van der Waals surface area contributed by atoms with Crippen molar-refractivity contribution in [1.82, 2.24) is 10.6 Å². The summed E-state index contributed by atoms with van der Waals surface area (Å²) in [6.07, 6.45) is 7.02. The van der Waals surface area contributed by atoms with Gasteiger partial charge >= 0.3 is 5.97 Å². The van der Waals surface area contributed by atoms with Crippen molar-refractivity contribution in [3.05, 3.63) is 29.8 Å². The van der Waals surface area contributed by atoms with E-state index in [2.05, 4.69) is 22.9 Å². The van der Waals surface area contributed by atoms with Crippen molar-refractivity contribution in [3.8, 4) is 0 Å². The number of thiocarbonyl (C=S) groups is 1. The van der Waals surface area contributed by atoms with Gasteiger partial charge in [-0.3, -0.25) is 4.79 Å². The molecule has 10 heteroatoms. The van der Waals surface area contributed by atoms with Crippen LogP contribution in [0.3, 0.4) is 0 Å². The fourth-order valence-electron chi connectivity index (χ4n) is 2.67. The van der Waals surface area contributed by atoms with Gasteiger partial charge in [0, 0.05) is 12.1 Å². The van der Waals surface area contributed by atoms with Crippen LogP contribution in [0.4, 0.5) is 5.69 Å². The maximum Gasteiger partial charge on any atom is 0.335 e. The van der Waals surface area contributed by atoms with Crippen molar-refractivity contribution in [1.29, 1.82) is 0 Å². The number of benzene rings is 1. The minimum Gasteiger partial charge on any atom is -0.478 e. The van der Waals surface area contributed by atoms with Gasteiger partial charge in [-0.1, -0.05) is 80.3 Å². The number of unbranched alkanes of at least 4 members (excludes halogenated alkanes) is 6. The second kappa shape index (κ2) is 13.9. The number of carbonyl (C=O) groups is 2. The Morgan fingerprint density at radius 1 is 1.00 bits per heavy atom. The Morgan fingerprint density at radius 2 is 1.57 bits per heavy atom. The van der Waals surface area contributed by atoms with Crippen LogP contribution in [0, 0.1) is 0 Å². The summed E-state index contributed by atoms with van der Waals surface area (Å²) in [6, 6.07) is 5.98. The average molecular weight is 497 g/mol. The van der Waals surface area contributed by atoms with Crippen LogP contribution in [0.25, 0.3) is 0 Å². The van der Waals surface area contributed by atoms with Crippen molar-refractivity contribution in [3.63, 3.8) is 0 Å². The summed E-state index contributed by atoms with van der Waals surface area (Å²) in [6.45, 7) is 2.18. The van der Waals surface area contributed by atoms with Gasteiger partial charge < -0.3 is 21.1 Å². The van der Waals surface area contributed by atoms with E-state index in [9.17, 15) is 9.59 Å². The van der Waals surface area contributed by atoms with E-state index in [4.69, 9.17) is 52.1 Å². The lowest BCUT2D eigenvalue weighted by atomic mass is 10.1. The van der Waals surface area contributed by atoms with E-state index < -0.39 is 15.9 Å². The van der Waals surface area contributed by atoms with Crippen LogP contribution in [0.5, 0.6) is 0 Å². The van der Waals surface area contributed by atoms with Crippen LogP contribution in [-0.4, -0.2) is 32.1 Å². The molecule has 168 valence electrons. The zero-order valence-corrected chi connectivity index (χ0v) is 19.9. The lowest BCUT2D eigenvalue weighted by Crippen LogP contribution is -2.56. The van der Waals surface area contributed by atoms with E-state index in [-0.39, 0.29) is 16.6 Å². The van der Waals surface area contributed by atoms with E-state index in [0.717, 1.165) is 19.3 Å². The Kier molecular flexibility index (Phi) is 12.4. The molecule has 6 nitrogen and oxygen atoms in total. The lowest BCUT2D eigenvalue weighted by molar-refractivity contribution is -0.122. The highest BCUT2D eigenvalue weighted by Gasteiger charge is 2.34. The van der Waals surface area contributed by atoms with Gasteiger partial charge in [0.1, 0.15) is 6.17 Å². The summed E-state index contributed by atoms with van der Waals surface area (Å²) < 4.78 is -1.82. The van der Waals surface area contributed by atoms with Gasteiger partial charge in [0.15, 0.2) is 5.11 Å². The molecule has 1 rings (SSSR count). The van der Waals surface area contributed by atoms with E-state index in [0.29, 0.717) is 12.1 Å². The number of amides is 1. The quantitative estimate of drug-likeness (QED) is 0.130. The molecule has 4 N–H and O–H groups in total. The minimum atomic E-state index is -1.82. The number of carboxylic acid groups (broad SMARTS) is 1. The van der Waals surface area contributed by atoms with E-state index in [1.807, 2.05) is 0 Å². The number of nitrogens with one attached hydrogen (secondary N) is 3. The molecule has 1 amide bonds. The van der Waals surface area contributed by atoms with Crippen molar-refractivity contribution < 1.29 is 14.7 Å². The number of hydrogen-bond acceptors (Lipinski definition) is 3. The predicted molar refractivity (Wildman–Crippen MR) is 128 cm³/mol. The first-order chi connectivity index (χ1) is 14.1. The first kappa shape index (κ1) is 26.8. The zero-order valence-electron chi connectivity index (χ0n) is 16.8. The Balaban J connectivity index is 2.48. The topological polar surface area (TPSA) is 90.5 Å². The molecule has 0 fully saturated rings. The number of carboxylic acids is 1. The Morgan fingerprint density at radius 3 is 2.10 bits per heavy atom. The fraction of sp³-hybridized carbons (Fsp3) is 0.550. The number of halogens is 3. The number of aromatic carboxylic acids is 1. The zero-order chi connectivity index (χ0) is 22.6. The smallest absolute Gasteiger partial charge is 0.335 e. The van der Waals surface area contributed by atoms with Gasteiger partial charge in [-0.25, -0.2) is 4.79 Å². The molecule has 0 spiro atoms. The van der Waals surface area contributed by atoms with Gasteiger partial charge in [0.2, 0.25) is 9.70 Å². The number of hydrogen-bond donors (Lipinski definition) is 4. The van der Waals surface area contributed by atoms with E-state index >= 15 is 0 Å². The molecule has 0 aliphatic rings. The first-order valence-corrected chi connectivity index (χ1v) is 11.4. The molecule has 0 aromatic heterocycles. The molecule has 0 radical (unpaired) electrons. The number of carbonyl (C=O) groups excluding carboxylic acids is 1. The third-order valence-electron chi connectivity index (χ3n) is 4.31. The standard InChI is InChI=1S/C20H28Cl3N3O3S/c1-2-3-4-5-6-7-8-9-16(27)25-18(20(21,22)23)26-19(30)24-15-12-10-14(11-13-15)17(28)29/h10-13,18H,2-9H2,1H3,(H,25,27)(H,28,29)(H2,24,26,30). The van der Waals surface area contributed by atoms with Crippen LogP contribution in [0.1, 0.15) is 68.6 Å². The van der Waals surface area contributed by atoms with Crippen LogP contribution in [0.2, 0.25) is 0 Å². The molecule has 0 saturated heterocycles. The minimum absolute atomic E-state index is 0.116. The second-order valence-electron chi connectivity index (χ2n) is 6.89. The summed E-state index contributed by atoms with van der Waals surface area (Å²) in [5, 5.41) is 17.3. The summed E-state index contributed by atoms with van der Waals surface area (Å²) in [5.74, 6) is -1.26. The predicted octanol–water partition coefficient (Wildman–Crippen LogP) is 5.62. The lowest BCUT2D eigenvalue weighted by Gasteiger charge is -2.27. The molecule has 30 heavy (non-hydrogen) atoms. The molecule has 1 unspecified atom stereocenters. The van der Waals surface area contributed by atoms with Crippen molar-refractivity contribution in [2.45, 2.75) is 68.2 Å². The van der Waals surface area contributed by atoms with E-state index in [1.165, 1.54) is 37.8 Å². The van der Waals surface area contributed by atoms with Gasteiger partial charge in [-0.05, 0) is 42.9 Å². The van der Waals surface area contributed by atoms with Gasteiger partial charge in [0.25, 0.3) is 0 Å². The fourth-order valence-corrected chi connectivity index (χ4v) is 3.23. The molecule has 0 saturated carbocycles. The highest BCUT2D eigenvalue weighted by molar-refractivity contribution is 7.80. The van der Waals surface area contributed by atoms with Crippen LogP contribution in [-0.2, 0) is 4.79 Å². The molecule has 0 bridgehead atoms. The molecule has 0 heterocycles. The van der Waals surface area contributed by atoms with E-state index in [1.54, 1.807) is 12.1 Å². The third kappa shape index (κ3) is 11.2. The summed E-state index contributed by atoms with van der Waals surface area (Å²) in [7, 11) is 0. The maximum absolute atomic E-state index is 12.2. The third-order valence-corrected chi connectivity index (χ3v) is 5.18. The van der Waals surface area contributed by atoms with Crippen molar-refractivity contribution in [2.24, 2.45) is 0 Å². The first-order valence-electron chi connectivity index (χ1n) is 9.90.